The monoisotopic (exact) mass is 413 g/mol. The minimum absolute atomic E-state index is 0.263. The average molecular weight is 414 g/mol. The Balaban J connectivity index is 1.87. The van der Waals surface area contributed by atoms with E-state index < -0.39 is 0 Å². The molecule has 0 saturated heterocycles. The third-order valence-corrected chi connectivity index (χ3v) is 5.29. The highest BCUT2D eigenvalue weighted by Gasteiger charge is 2.20. The van der Waals surface area contributed by atoms with Gasteiger partial charge in [0.05, 0.1) is 11.1 Å². The molecular formula is C25H17ClFN3. The fourth-order valence-electron chi connectivity index (χ4n) is 3.66. The highest BCUT2D eigenvalue weighted by molar-refractivity contribution is 6.30. The lowest BCUT2D eigenvalue weighted by Gasteiger charge is -2.08. The van der Waals surface area contributed by atoms with Crippen LogP contribution in [0, 0.1) is 12.7 Å². The van der Waals surface area contributed by atoms with Crippen LogP contribution in [-0.4, -0.2) is 14.8 Å². The molecule has 0 spiro atoms. The zero-order valence-corrected chi connectivity index (χ0v) is 16.9. The van der Waals surface area contributed by atoms with Crippen molar-refractivity contribution >= 4 is 22.6 Å². The molecule has 30 heavy (non-hydrogen) atoms. The average Bonchev–Trinajstić information content (AvgIpc) is 3.14. The number of halogens is 2. The molecule has 146 valence electrons. The van der Waals surface area contributed by atoms with Crippen molar-refractivity contribution in [2.24, 2.45) is 0 Å². The SMILES string of the molecule is Cc1cc(-c2ccc(F)cc2)c2c(-c3ccccc3)nn(-c3ccc(Cl)cc3)c2n1. The number of benzene rings is 3. The van der Waals surface area contributed by atoms with Gasteiger partial charge in [0, 0.05) is 16.3 Å². The van der Waals surface area contributed by atoms with Gasteiger partial charge < -0.3 is 0 Å². The van der Waals surface area contributed by atoms with Gasteiger partial charge in [0.15, 0.2) is 5.65 Å². The minimum Gasteiger partial charge on any atom is -0.233 e. The first-order valence-corrected chi connectivity index (χ1v) is 9.95. The fourth-order valence-corrected chi connectivity index (χ4v) is 3.78. The van der Waals surface area contributed by atoms with Gasteiger partial charge in [-0.25, -0.2) is 14.1 Å². The number of aromatic nitrogens is 3. The molecule has 0 amide bonds. The first kappa shape index (κ1) is 18.5. The van der Waals surface area contributed by atoms with E-state index in [1.807, 2.05) is 72.3 Å². The predicted octanol–water partition coefficient (Wildman–Crippen LogP) is 6.86. The summed E-state index contributed by atoms with van der Waals surface area (Å²) in [4.78, 5) is 4.82. The van der Waals surface area contributed by atoms with Crippen LogP contribution in [0.2, 0.25) is 5.02 Å². The standard InChI is InChI=1S/C25H17ClFN3/c1-16-15-22(17-7-11-20(27)12-8-17)23-24(18-5-3-2-4-6-18)29-30(25(23)28-16)21-13-9-19(26)10-14-21/h2-15H,1H3. The number of aryl methyl sites for hydroxylation is 1. The van der Waals surface area contributed by atoms with Crippen molar-refractivity contribution in [3.8, 4) is 28.1 Å². The molecule has 3 aromatic carbocycles. The zero-order valence-electron chi connectivity index (χ0n) is 16.2. The molecule has 5 aromatic rings. The number of rotatable bonds is 3. The molecule has 0 atom stereocenters. The van der Waals surface area contributed by atoms with Crippen molar-refractivity contribution in [2.45, 2.75) is 6.92 Å². The van der Waals surface area contributed by atoms with Crippen LogP contribution < -0.4 is 0 Å². The summed E-state index contributed by atoms with van der Waals surface area (Å²) < 4.78 is 15.4. The van der Waals surface area contributed by atoms with Gasteiger partial charge in [0.25, 0.3) is 0 Å². The summed E-state index contributed by atoms with van der Waals surface area (Å²) in [5.74, 6) is -0.263. The van der Waals surface area contributed by atoms with Crippen molar-refractivity contribution in [3.63, 3.8) is 0 Å². The number of fused-ring (bicyclic) bond motifs is 1. The van der Waals surface area contributed by atoms with Gasteiger partial charge in [-0.15, -0.1) is 0 Å². The van der Waals surface area contributed by atoms with Crippen LogP contribution in [0.1, 0.15) is 5.69 Å². The Hall–Kier alpha value is -3.50. The van der Waals surface area contributed by atoms with Gasteiger partial charge in [-0.05, 0) is 60.5 Å². The van der Waals surface area contributed by atoms with Crippen molar-refractivity contribution in [2.75, 3.05) is 0 Å². The number of nitrogens with zero attached hydrogens (tertiary/aromatic N) is 3. The van der Waals surface area contributed by atoms with Crippen LogP contribution >= 0.6 is 11.6 Å². The summed E-state index contributed by atoms with van der Waals surface area (Å²) in [6.07, 6.45) is 0. The van der Waals surface area contributed by atoms with Gasteiger partial charge in [0.1, 0.15) is 11.5 Å². The Labute approximate surface area is 178 Å². The maximum Gasteiger partial charge on any atom is 0.164 e. The van der Waals surface area contributed by atoms with Crippen LogP contribution in [-0.2, 0) is 0 Å². The highest BCUT2D eigenvalue weighted by Crippen LogP contribution is 2.37. The lowest BCUT2D eigenvalue weighted by atomic mass is 9.99. The summed E-state index contributed by atoms with van der Waals surface area (Å²) in [5, 5.41) is 6.53. The molecule has 3 nitrogen and oxygen atoms in total. The molecule has 5 rings (SSSR count). The molecule has 0 unspecified atom stereocenters. The maximum absolute atomic E-state index is 13.6. The van der Waals surface area contributed by atoms with E-state index in [1.165, 1.54) is 12.1 Å². The molecule has 0 N–H and O–H groups in total. The molecule has 0 aliphatic heterocycles. The molecule has 2 heterocycles. The highest BCUT2D eigenvalue weighted by atomic mass is 35.5. The summed E-state index contributed by atoms with van der Waals surface area (Å²) >= 11 is 6.09. The van der Waals surface area contributed by atoms with Crippen molar-refractivity contribution in [1.29, 1.82) is 0 Å². The van der Waals surface area contributed by atoms with E-state index in [0.29, 0.717) is 5.02 Å². The van der Waals surface area contributed by atoms with Crippen LogP contribution in [0.3, 0.4) is 0 Å². The maximum atomic E-state index is 13.6. The van der Waals surface area contributed by atoms with Gasteiger partial charge in [-0.3, -0.25) is 0 Å². The van der Waals surface area contributed by atoms with Gasteiger partial charge in [-0.2, -0.15) is 5.10 Å². The lowest BCUT2D eigenvalue weighted by molar-refractivity contribution is 0.628. The smallest absolute Gasteiger partial charge is 0.164 e. The van der Waals surface area contributed by atoms with Crippen LogP contribution in [0.25, 0.3) is 39.1 Å². The lowest BCUT2D eigenvalue weighted by Crippen LogP contribution is -1.98. The molecule has 0 bridgehead atoms. The van der Waals surface area contributed by atoms with Gasteiger partial charge in [0.2, 0.25) is 0 Å². The van der Waals surface area contributed by atoms with Crippen molar-refractivity contribution in [3.05, 3.63) is 101 Å². The Morgan fingerprint density at radius 2 is 1.53 bits per heavy atom. The van der Waals surface area contributed by atoms with E-state index in [-0.39, 0.29) is 5.82 Å². The minimum atomic E-state index is -0.263. The van der Waals surface area contributed by atoms with E-state index in [2.05, 4.69) is 0 Å². The van der Waals surface area contributed by atoms with E-state index in [1.54, 1.807) is 12.1 Å². The third-order valence-electron chi connectivity index (χ3n) is 5.04. The van der Waals surface area contributed by atoms with Crippen molar-refractivity contribution in [1.82, 2.24) is 14.8 Å². The molecule has 0 saturated carbocycles. The molecule has 0 fully saturated rings. The largest absolute Gasteiger partial charge is 0.233 e. The number of hydrogen-bond donors (Lipinski definition) is 0. The predicted molar refractivity (Wildman–Crippen MR) is 119 cm³/mol. The Bertz CT molecular complexity index is 1340. The molecule has 5 heteroatoms. The first-order valence-electron chi connectivity index (χ1n) is 9.58. The summed E-state index contributed by atoms with van der Waals surface area (Å²) in [6.45, 7) is 1.95. The molecular weight excluding hydrogens is 397 g/mol. The summed E-state index contributed by atoms with van der Waals surface area (Å²) in [7, 11) is 0. The normalized spacial score (nSPS) is 11.2. The third kappa shape index (κ3) is 3.25. The van der Waals surface area contributed by atoms with Crippen LogP contribution in [0.4, 0.5) is 4.39 Å². The second-order valence-electron chi connectivity index (χ2n) is 7.12. The second-order valence-corrected chi connectivity index (χ2v) is 7.56. The van der Waals surface area contributed by atoms with Crippen molar-refractivity contribution < 1.29 is 4.39 Å². The van der Waals surface area contributed by atoms with Crippen LogP contribution in [0.5, 0.6) is 0 Å². The first-order chi connectivity index (χ1) is 14.6. The Kier molecular flexibility index (Phi) is 4.57. The quantitative estimate of drug-likeness (QED) is 0.323. The summed E-state index contributed by atoms with van der Waals surface area (Å²) in [6, 6.07) is 26.1. The fraction of sp³-hybridized carbons (Fsp3) is 0.0400. The zero-order chi connectivity index (χ0) is 20.7. The summed E-state index contributed by atoms with van der Waals surface area (Å²) in [5.41, 5.74) is 6.18. The number of pyridine rings is 1. The molecule has 0 radical (unpaired) electrons. The van der Waals surface area contributed by atoms with Crippen LogP contribution in [0.15, 0.2) is 84.9 Å². The molecule has 2 aromatic heterocycles. The van der Waals surface area contributed by atoms with E-state index in [9.17, 15) is 4.39 Å². The van der Waals surface area contributed by atoms with Gasteiger partial charge in [-0.1, -0.05) is 54.1 Å². The van der Waals surface area contributed by atoms with E-state index in [0.717, 1.165) is 44.8 Å². The van der Waals surface area contributed by atoms with Gasteiger partial charge >= 0.3 is 0 Å². The topological polar surface area (TPSA) is 30.7 Å². The Morgan fingerprint density at radius 3 is 2.23 bits per heavy atom. The molecule has 0 aliphatic rings. The Morgan fingerprint density at radius 1 is 0.833 bits per heavy atom. The molecule has 0 aliphatic carbocycles. The van der Waals surface area contributed by atoms with E-state index >= 15 is 0 Å². The van der Waals surface area contributed by atoms with E-state index in [4.69, 9.17) is 21.7 Å². The second kappa shape index (κ2) is 7.39. The number of hydrogen-bond acceptors (Lipinski definition) is 2.